The summed E-state index contributed by atoms with van der Waals surface area (Å²) in [6.45, 7) is 9.62. The fourth-order valence-electron chi connectivity index (χ4n) is 1.70. The van der Waals surface area contributed by atoms with E-state index in [0.717, 1.165) is 6.54 Å². The Hall–Kier alpha value is -0.610. The normalized spacial score (nSPS) is 15.1. The maximum absolute atomic E-state index is 11.5. The van der Waals surface area contributed by atoms with E-state index in [1.807, 2.05) is 27.7 Å². The molecule has 2 unspecified atom stereocenters. The molecule has 0 aliphatic rings. The Morgan fingerprint density at radius 1 is 1.33 bits per heavy atom. The van der Waals surface area contributed by atoms with E-state index in [4.69, 9.17) is 9.47 Å². The highest BCUT2D eigenvalue weighted by Crippen LogP contribution is 2.07. The molecule has 0 radical (unpaired) electrons. The van der Waals surface area contributed by atoms with Gasteiger partial charge in [0.15, 0.2) is 0 Å². The molecule has 0 rings (SSSR count). The van der Waals surface area contributed by atoms with Crippen LogP contribution in [0.15, 0.2) is 0 Å². The highest BCUT2D eigenvalue weighted by Gasteiger charge is 2.25. The lowest BCUT2D eigenvalue weighted by Gasteiger charge is -2.31. The van der Waals surface area contributed by atoms with Crippen LogP contribution in [0.25, 0.3) is 0 Å². The summed E-state index contributed by atoms with van der Waals surface area (Å²) in [5, 5.41) is 0. The van der Waals surface area contributed by atoms with E-state index in [2.05, 4.69) is 4.90 Å². The van der Waals surface area contributed by atoms with Gasteiger partial charge in [-0.05, 0) is 27.3 Å². The van der Waals surface area contributed by atoms with Gasteiger partial charge < -0.3 is 9.47 Å². The molecule has 0 saturated carbocycles. The summed E-state index contributed by atoms with van der Waals surface area (Å²) in [5.41, 5.74) is 0. The zero-order valence-electron chi connectivity index (χ0n) is 10.4. The van der Waals surface area contributed by atoms with Gasteiger partial charge in [0.25, 0.3) is 0 Å². The van der Waals surface area contributed by atoms with Crippen LogP contribution in [0.4, 0.5) is 0 Å². The molecule has 90 valence electrons. The first-order chi connectivity index (χ1) is 7.08. The monoisotopic (exact) mass is 217 g/mol. The molecule has 0 saturated heterocycles. The van der Waals surface area contributed by atoms with E-state index >= 15 is 0 Å². The Kier molecular flexibility index (Phi) is 7.34. The summed E-state index contributed by atoms with van der Waals surface area (Å²) < 4.78 is 10.1. The molecule has 0 aliphatic carbocycles. The minimum Gasteiger partial charge on any atom is -0.465 e. The summed E-state index contributed by atoms with van der Waals surface area (Å²) in [6.07, 6.45) is 0. The molecule has 0 spiro atoms. The number of esters is 1. The van der Waals surface area contributed by atoms with Crippen LogP contribution in [0.1, 0.15) is 27.7 Å². The summed E-state index contributed by atoms with van der Waals surface area (Å²) in [4.78, 5) is 13.6. The minimum absolute atomic E-state index is 0.165. The van der Waals surface area contributed by atoms with E-state index < -0.39 is 0 Å². The molecule has 0 N–H and O–H groups in total. The average molecular weight is 217 g/mol. The topological polar surface area (TPSA) is 38.8 Å². The van der Waals surface area contributed by atoms with Crippen LogP contribution < -0.4 is 0 Å². The molecule has 0 aromatic heterocycles. The molecule has 0 bridgehead atoms. The van der Waals surface area contributed by atoms with Gasteiger partial charge in [0, 0.05) is 13.2 Å². The van der Waals surface area contributed by atoms with E-state index in [1.54, 1.807) is 7.11 Å². The Labute approximate surface area is 92.5 Å². The molecule has 4 nitrogen and oxygen atoms in total. The first kappa shape index (κ1) is 14.4. The zero-order chi connectivity index (χ0) is 11.8. The number of ether oxygens (including phenoxy) is 2. The van der Waals surface area contributed by atoms with Crippen LogP contribution in [0.5, 0.6) is 0 Å². The lowest BCUT2D eigenvalue weighted by molar-refractivity contribution is -0.150. The highest BCUT2D eigenvalue weighted by molar-refractivity contribution is 5.75. The molecule has 0 amide bonds. The predicted octanol–water partition coefficient (Wildman–Crippen LogP) is 1.29. The van der Waals surface area contributed by atoms with Crippen LogP contribution in [0, 0.1) is 0 Å². The predicted molar refractivity (Wildman–Crippen MR) is 59.8 cm³/mol. The molecule has 4 heteroatoms. The summed E-state index contributed by atoms with van der Waals surface area (Å²) in [5.74, 6) is -0.165. The maximum Gasteiger partial charge on any atom is 0.323 e. The van der Waals surface area contributed by atoms with Gasteiger partial charge >= 0.3 is 5.97 Å². The number of rotatable bonds is 7. The number of likely N-dealkylation sites (N-methyl/N-ethyl adjacent to an activating group) is 1. The van der Waals surface area contributed by atoms with Gasteiger partial charge in [0.05, 0.1) is 13.2 Å². The molecule has 0 heterocycles. The largest absolute Gasteiger partial charge is 0.465 e. The lowest BCUT2D eigenvalue weighted by atomic mass is 10.2. The highest BCUT2D eigenvalue weighted by atomic mass is 16.5. The van der Waals surface area contributed by atoms with Crippen molar-refractivity contribution >= 4 is 5.97 Å². The molecular weight excluding hydrogens is 194 g/mol. The van der Waals surface area contributed by atoms with Crippen molar-refractivity contribution in [1.82, 2.24) is 4.90 Å². The van der Waals surface area contributed by atoms with Crippen LogP contribution in [0.3, 0.4) is 0 Å². The third-order valence-electron chi connectivity index (χ3n) is 2.46. The lowest BCUT2D eigenvalue weighted by Crippen LogP contribution is -2.46. The van der Waals surface area contributed by atoms with Gasteiger partial charge in [-0.3, -0.25) is 9.69 Å². The standard InChI is InChI=1S/C11H23NO3/c1-6-12(9(3)8-14-5)10(4)11(13)15-7-2/h9-10H,6-8H2,1-5H3. The zero-order valence-corrected chi connectivity index (χ0v) is 10.4. The Balaban J connectivity index is 4.31. The quantitative estimate of drug-likeness (QED) is 0.602. The van der Waals surface area contributed by atoms with Crippen molar-refractivity contribution < 1.29 is 14.3 Å². The SMILES string of the molecule is CCOC(=O)C(C)N(CC)C(C)COC. The van der Waals surface area contributed by atoms with Gasteiger partial charge in [-0.25, -0.2) is 0 Å². The Bertz CT molecular complexity index is 185. The third-order valence-corrected chi connectivity index (χ3v) is 2.46. The smallest absolute Gasteiger partial charge is 0.323 e. The number of carbonyl (C=O) groups excluding carboxylic acids is 1. The van der Waals surface area contributed by atoms with Crippen molar-refractivity contribution in [2.24, 2.45) is 0 Å². The Morgan fingerprint density at radius 3 is 2.33 bits per heavy atom. The molecule has 2 atom stereocenters. The number of hydrogen-bond acceptors (Lipinski definition) is 4. The first-order valence-corrected chi connectivity index (χ1v) is 5.49. The molecule has 0 aromatic carbocycles. The van der Waals surface area contributed by atoms with Crippen molar-refractivity contribution in [3.8, 4) is 0 Å². The fourth-order valence-corrected chi connectivity index (χ4v) is 1.70. The molecule has 0 aromatic rings. The van der Waals surface area contributed by atoms with Crippen LogP contribution >= 0.6 is 0 Å². The molecular formula is C11H23NO3. The van der Waals surface area contributed by atoms with Gasteiger partial charge in [0.2, 0.25) is 0 Å². The molecule has 0 fully saturated rings. The molecule has 0 aliphatic heterocycles. The fraction of sp³-hybridized carbons (Fsp3) is 0.909. The van der Waals surface area contributed by atoms with Gasteiger partial charge in [-0.15, -0.1) is 0 Å². The van der Waals surface area contributed by atoms with E-state index in [-0.39, 0.29) is 18.1 Å². The second-order valence-electron chi connectivity index (χ2n) is 3.56. The number of hydrogen-bond donors (Lipinski definition) is 0. The van der Waals surface area contributed by atoms with Gasteiger partial charge in [0.1, 0.15) is 6.04 Å². The van der Waals surface area contributed by atoms with Crippen molar-refractivity contribution in [3.63, 3.8) is 0 Å². The number of methoxy groups -OCH3 is 1. The van der Waals surface area contributed by atoms with Crippen LogP contribution in [-0.4, -0.2) is 49.8 Å². The van der Waals surface area contributed by atoms with E-state index in [9.17, 15) is 4.79 Å². The third kappa shape index (κ3) is 4.62. The second kappa shape index (κ2) is 7.65. The molecule has 15 heavy (non-hydrogen) atoms. The van der Waals surface area contributed by atoms with Crippen molar-refractivity contribution in [3.05, 3.63) is 0 Å². The summed E-state index contributed by atoms with van der Waals surface area (Å²) in [6, 6.07) is 0.0134. The first-order valence-electron chi connectivity index (χ1n) is 5.49. The Morgan fingerprint density at radius 2 is 1.93 bits per heavy atom. The van der Waals surface area contributed by atoms with Crippen LogP contribution in [-0.2, 0) is 14.3 Å². The summed E-state index contributed by atoms with van der Waals surface area (Å²) >= 11 is 0. The second-order valence-corrected chi connectivity index (χ2v) is 3.56. The van der Waals surface area contributed by atoms with E-state index in [1.165, 1.54) is 0 Å². The van der Waals surface area contributed by atoms with Gasteiger partial charge in [-0.1, -0.05) is 6.92 Å². The van der Waals surface area contributed by atoms with E-state index in [0.29, 0.717) is 13.2 Å². The number of carbonyl (C=O) groups is 1. The van der Waals surface area contributed by atoms with Crippen molar-refractivity contribution in [1.29, 1.82) is 0 Å². The van der Waals surface area contributed by atoms with Crippen molar-refractivity contribution in [2.45, 2.75) is 39.8 Å². The van der Waals surface area contributed by atoms with Crippen LogP contribution in [0.2, 0.25) is 0 Å². The average Bonchev–Trinajstić information content (AvgIpc) is 2.19. The number of nitrogens with zero attached hydrogens (tertiary/aromatic N) is 1. The maximum atomic E-state index is 11.5. The summed E-state index contributed by atoms with van der Waals surface area (Å²) in [7, 11) is 1.67. The van der Waals surface area contributed by atoms with Gasteiger partial charge in [-0.2, -0.15) is 0 Å². The van der Waals surface area contributed by atoms with Crippen molar-refractivity contribution in [2.75, 3.05) is 26.9 Å². The minimum atomic E-state index is -0.208.